The van der Waals surface area contributed by atoms with Gasteiger partial charge in [-0.1, -0.05) is 29.8 Å². The number of nitrogens with one attached hydrogen (secondary N) is 2. The number of anilines is 1. The summed E-state index contributed by atoms with van der Waals surface area (Å²) in [4.78, 5) is 23.4. The molecular formula is C16H14ClN3O3. The molecule has 0 aromatic heterocycles. The zero-order valence-electron chi connectivity index (χ0n) is 12.2. The zero-order valence-corrected chi connectivity index (χ0v) is 13.0. The molecule has 0 spiro atoms. The minimum atomic E-state index is -0.894. The Bertz CT molecular complexity index is 775. The van der Waals surface area contributed by atoms with Crippen molar-refractivity contribution < 1.29 is 14.7 Å². The highest BCUT2D eigenvalue weighted by molar-refractivity contribution is 6.39. The quantitative estimate of drug-likeness (QED) is 0.458. The predicted molar refractivity (Wildman–Crippen MR) is 88.7 cm³/mol. The minimum absolute atomic E-state index is 0.0505. The zero-order chi connectivity index (χ0) is 16.8. The smallest absolute Gasteiger partial charge is 0.329 e. The minimum Gasteiger partial charge on any atom is -0.506 e. The third-order valence-corrected chi connectivity index (χ3v) is 3.25. The molecule has 0 saturated carbocycles. The lowest BCUT2D eigenvalue weighted by Gasteiger charge is -2.06. The van der Waals surface area contributed by atoms with Crippen LogP contribution in [0.15, 0.2) is 47.6 Å². The van der Waals surface area contributed by atoms with Gasteiger partial charge < -0.3 is 10.4 Å². The van der Waals surface area contributed by atoms with Crippen LogP contribution in [0.3, 0.4) is 0 Å². The molecule has 23 heavy (non-hydrogen) atoms. The van der Waals surface area contributed by atoms with Crippen LogP contribution < -0.4 is 10.7 Å². The largest absolute Gasteiger partial charge is 0.506 e. The molecule has 0 unspecified atom stereocenters. The van der Waals surface area contributed by atoms with E-state index in [4.69, 9.17) is 11.6 Å². The Morgan fingerprint density at radius 2 is 1.91 bits per heavy atom. The topological polar surface area (TPSA) is 90.8 Å². The number of para-hydroxylation sites is 1. The molecule has 6 nitrogen and oxygen atoms in total. The molecule has 0 atom stereocenters. The number of nitrogens with zero attached hydrogens (tertiary/aromatic N) is 1. The summed E-state index contributed by atoms with van der Waals surface area (Å²) in [7, 11) is 0. The number of phenols is 1. The molecule has 2 rings (SSSR count). The van der Waals surface area contributed by atoms with E-state index in [1.165, 1.54) is 18.3 Å². The van der Waals surface area contributed by atoms with E-state index in [0.717, 1.165) is 5.56 Å². The number of hydrogen-bond donors (Lipinski definition) is 3. The summed E-state index contributed by atoms with van der Waals surface area (Å²) in [5.41, 5.74) is 4.08. The van der Waals surface area contributed by atoms with Crippen molar-refractivity contribution in [1.29, 1.82) is 0 Å². The van der Waals surface area contributed by atoms with Gasteiger partial charge in [-0.15, -0.1) is 0 Å². The van der Waals surface area contributed by atoms with Gasteiger partial charge in [0.1, 0.15) is 5.75 Å². The lowest BCUT2D eigenvalue weighted by molar-refractivity contribution is -0.136. The second-order valence-corrected chi connectivity index (χ2v) is 5.09. The molecule has 0 fully saturated rings. The number of benzene rings is 2. The first-order valence-electron chi connectivity index (χ1n) is 6.66. The first kappa shape index (κ1) is 16.5. The fraction of sp³-hybridized carbons (Fsp3) is 0.0625. The van der Waals surface area contributed by atoms with Gasteiger partial charge in [-0.3, -0.25) is 9.59 Å². The fourth-order valence-electron chi connectivity index (χ4n) is 1.71. The summed E-state index contributed by atoms with van der Waals surface area (Å²) in [5.74, 6) is -1.76. The molecule has 3 N–H and O–H groups in total. The molecule has 0 heterocycles. The number of halogens is 1. The summed E-state index contributed by atoms with van der Waals surface area (Å²) < 4.78 is 0. The summed E-state index contributed by atoms with van der Waals surface area (Å²) in [5, 5.41) is 15.6. The Hall–Kier alpha value is -2.86. The van der Waals surface area contributed by atoms with Crippen LogP contribution >= 0.6 is 11.6 Å². The number of amides is 2. The van der Waals surface area contributed by atoms with Crippen molar-refractivity contribution in [3.05, 3.63) is 58.6 Å². The Balaban J connectivity index is 1.93. The van der Waals surface area contributed by atoms with Gasteiger partial charge in [0, 0.05) is 5.69 Å². The average molecular weight is 332 g/mol. The maximum atomic E-state index is 11.8. The number of phenolic OH excluding ortho intramolecular Hbond substituents is 1. The second-order valence-electron chi connectivity index (χ2n) is 4.68. The first-order chi connectivity index (χ1) is 11.0. The van der Waals surface area contributed by atoms with Crippen molar-refractivity contribution in [3.8, 4) is 5.75 Å². The van der Waals surface area contributed by atoms with Crippen LogP contribution in [-0.4, -0.2) is 23.1 Å². The normalized spacial score (nSPS) is 10.5. The highest BCUT2D eigenvalue weighted by atomic mass is 35.5. The molecule has 2 amide bonds. The Kier molecular flexibility index (Phi) is 5.32. The molecular weight excluding hydrogens is 318 g/mol. The summed E-state index contributed by atoms with van der Waals surface area (Å²) in [6.45, 7) is 1.82. The number of aromatic hydroxyl groups is 1. The number of hydrazone groups is 1. The molecule has 0 aliphatic heterocycles. The maximum absolute atomic E-state index is 11.8. The van der Waals surface area contributed by atoms with Gasteiger partial charge in [-0.2, -0.15) is 5.10 Å². The number of rotatable bonds is 3. The molecule has 0 bridgehead atoms. The van der Waals surface area contributed by atoms with Crippen molar-refractivity contribution in [1.82, 2.24) is 5.43 Å². The number of hydrogen-bond acceptors (Lipinski definition) is 4. The molecule has 7 heteroatoms. The molecule has 2 aromatic rings. The first-order valence-corrected chi connectivity index (χ1v) is 7.03. The standard InChI is InChI=1S/C16H14ClN3O3/c1-10-4-2-3-5-13(10)19-15(22)16(23)20-18-9-11-6-7-14(21)12(17)8-11/h2-9,21H,1H3,(H,19,22)(H,20,23)/b18-9-. The second kappa shape index (κ2) is 7.42. The van der Waals surface area contributed by atoms with E-state index in [1.807, 2.05) is 19.1 Å². The van der Waals surface area contributed by atoms with Crippen LogP contribution in [-0.2, 0) is 9.59 Å². The van der Waals surface area contributed by atoms with Crippen molar-refractivity contribution in [2.24, 2.45) is 5.10 Å². The van der Waals surface area contributed by atoms with Crippen LogP contribution in [0.4, 0.5) is 5.69 Å². The van der Waals surface area contributed by atoms with E-state index < -0.39 is 11.8 Å². The van der Waals surface area contributed by atoms with Crippen molar-refractivity contribution in [2.45, 2.75) is 6.92 Å². The highest BCUT2D eigenvalue weighted by Gasteiger charge is 2.13. The Labute approximate surface area is 137 Å². The maximum Gasteiger partial charge on any atom is 0.329 e. The number of carbonyl (C=O) groups is 2. The lowest BCUT2D eigenvalue weighted by Crippen LogP contribution is -2.32. The summed E-state index contributed by atoms with van der Waals surface area (Å²) in [6, 6.07) is 11.5. The van der Waals surface area contributed by atoms with Crippen molar-refractivity contribution in [2.75, 3.05) is 5.32 Å². The highest BCUT2D eigenvalue weighted by Crippen LogP contribution is 2.22. The molecule has 0 aliphatic rings. The van der Waals surface area contributed by atoms with E-state index in [-0.39, 0.29) is 10.8 Å². The van der Waals surface area contributed by atoms with Gasteiger partial charge in [-0.25, -0.2) is 5.43 Å². The molecule has 2 aromatic carbocycles. The Morgan fingerprint density at radius 1 is 1.17 bits per heavy atom. The summed E-state index contributed by atoms with van der Waals surface area (Å²) in [6.07, 6.45) is 1.31. The predicted octanol–water partition coefficient (Wildman–Crippen LogP) is 2.44. The lowest BCUT2D eigenvalue weighted by atomic mass is 10.2. The number of carbonyl (C=O) groups excluding carboxylic acids is 2. The molecule has 0 saturated heterocycles. The van der Waals surface area contributed by atoms with E-state index >= 15 is 0 Å². The average Bonchev–Trinajstić information content (AvgIpc) is 2.53. The summed E-state index contributed by atoms with van der Waals surface area (Å²) >= 11 is 5.75. The van der Waals surface area contributed by atoms with Gasteiger partial charge >= 0.3 is 11.8 Å². The van der Waals surface area contributed by atoms with Crippen LogP contribution in [0.25, 0.3) is 0 Å². The van der Waals surface area contributed by atoms with Gasteiger partial charge in [0.2, 0.25) is 0 Å². The van der Waals surface area contributed by atoms with Gasteiger partial charge in [0.15, 0.2) is 0 Å². The van der Waals surface area contributed by atoms with Gasteiger partial charge in [0.25, 0.3) is 0 Å². The molecule has 0 radical (unpaired) electrons. The van der Waals surface area contributed by atoms with Crippen molar-refractivity contribution in [3.63, 3.8) is 0 Å². The van der Waals surface area contributed by atoms with Crippen molar-refractivity contribution >= 4 is 35.3 Å². The third-order valence-electron chi connectivity index (χ3n) is 2.95. The fourth-order valence-corrected chi connectivity index (χ4v) is 1.90. The van der Waals surface area contributed by atoms with Crippen LogP contribution in [0.1, 0.15) is 11.1 Å². The number of aryl methyl sites for hydroxylation is 1. The van der Waals surface area contributed by atoms with Gasteiger partial charge in [0.05, 0.1) is 11.2 Å². The third kappa shape index (κ3) is 4.55. The SMILES string of the molecule is Cc1ccccc1NC(=O)C(=O)N/N=C\c1ccc(O)c(Cl)c1. The Morgan fingerprint density at radius 3 is 2.61 bits per heavy atom. The molecule has 0 aliphatic carbocycles. The van der Waals surface area contributed by atoms with Crippen LogP contribution in [0.5, 0.6) is 5.75 Å². The molecule has 118 valence electrons. The van der Waals surface area contributed by atoms with E-state index in [0.29, 0.717) is 11.3 Å². The van der Waals surface area contributed by atoms with E-state index in [2.05, 4.69) is 15.8 Å². The van der Waals surface area contributed by atoms with Crippen LogP contribution in [0.2, 0.25) is 5.02 Å². The van der Waals surface area contributed by atoms with Crippen LogP contribution in [0, 0.1) is 6.92 Å². The van der Waals surface area contributed by atoms with E-state index in [9.17, 15) is 14.7 Å². The van der Waals surface area contributed by atoms with E-state index in [1.54, 1.807) is 18.2 Å². The van der Waals surface area contributed by atoms with Gasteiger partial charge in [-0.05, 0) is 42.3 Å². The monoisotopic (exact) mass is 331 g/mol.